The number of rotatable bonds is 6. The summed E-state index contributed by atoms with van der Waals surface area (Å²) in [5, 5.41) is 5.37. The van der Waals surface area contributed by atoms with Crippen molar-refractivity contribution in [1.29, 1.82) is 0 Å². The van der Waals surface area contributed by atoms with Gasteiger partial charge in [0.2, 0.25) is 5.89 Å². The van der Waals surface area contributed by atoms with Crippen molar-refractivity contribution in [2.45, 2.75) is 65.3 Å². The number of aryl methyl sites for hydroxylation is 2. The minimum atomic E-state index is 0.232. The molecule has 0 aromatic carbocycles. The Kier molecular flexibility index (Phi) is 5.46. The molecule has 1 saturated heterocycles. The van der Waals surface area contributed by atoms with Gasteiger partial charge in [-0.05, 0) is 38.0 Å². The fourth-order valence-corrected chi connectivity index (χ4v) is 4.09. The Morgan fingerprint density at radius 1 is 1.21 bits per heavy atom. The molecule has 7 nitrogen and oxygen atoms in total. The SMILES string of the molecule is CC1CN(Cc2nc(CCn3c(C(C)C)cc4cccnc43)no2)CC(C)O1. The Labute approximate surface area is 165 Å². The maximum atomic E-state index is 5.79. The lowest BCUT2D eigenvalue weighted by atomic mass is 10.1. The molecule has 3 aromatic heterocycles. The second-order valence-electron chi connectivity index (χ2n) is 8.10. The highest BCUT2D eigenvalue weighted by Crippen LogP contribution is 2.24. The molecule has 2 atom stereocenters. The fourth-order valence-electron chi connectivity index (χ4n) is 4.09. The van der Waals surface area contributed by atoms with Gasteiger partial charge < -0.3 is 13.8 Å². The molecular formula is C21H29N5O2. The third-order valence-corrected chi connectivity index (χ3v) is 5.20. The zero-order valence-electron chi connectivity index (χ0n) is 17.1. The van der Waals surface area contributed by atoms with Crippen molar-refractivity contribution in [3.8, 4) is 0 Å². The Balaban J connectivity index is 1.44. The standard InChI is InChI=1S/C21H29N5O2/c1-14(2)18-10-17-6-5-8-22-21(17)26(18)9-7-19-23-20(28-24-19)13-25-11-15(3)27-16(4)12-25/h5-6,8,10,14-16H,7,9,11-13H2,1-4H3. The topological polar surface area (TPSA) is 69.2 Å². The van der Waals surface area contributed by atoms with E-state index in [9.17, 15) is 0 Å². The zero-order chi connectivity index (χ0) is 19.7. The first-order chi connectivity index (χ1) is 13.5. The van der Waals surface area contributed by atoms with Crippen LogP contribution in [0.25, 0.3) is 11.0 Å². The number of hydrogen-bond donors (Lipinski definition) is 0. The number of hydrogen-bond acceptors (Lipinski definition) is 6. The van der Waals surface area contributed by atoms with Crippen molar-refractivity contribution >= 4 is 11.0 Å². The van der Waals surface area contributed by atoms with Gasteiger partial charge in [-0.15, -0.1) is 0 Å². The first-order valence-electron chi connectivity index (χ1n) is 10.1. The van der Waals surface area contributed by atoms with Crippen LogP contribution in [0.5, 0.6) is 0 Å². The summed E-state index contributed by atoms with van der Waals surface area (Å²) in [6.07, 6.45) is 3.03. The smallest absolute Gasteiger partial charge is 0.240 e. The van der Waals surface area contributed by atoms with E-state index >= 15 is 0 Å². The van der Waals surface area contributed by atoms with Gasteiger partial charge in [0.15, 0.2) is 5.82 Å². The van der Waals surface area contributed by atoms with Gasteiger partial charge in [0.25, 0.3) is 0 Å². The highest BCUT2D eigenvalue weighted by molar-refractivity contribution is 5.77. The van der Waals surface area contributed by atoms with Crippen molar-refractivity contribution < 1.29 is 9.26 Å². The van der Waals surface area contributed by atoms with E-state index in [2.05, 4.69) is 64.4 Å². The average molecular weight is 383 g/mol. The average Bonchev–Trinajstić information content (AvgIpc) is 3.23. The van der Waals surface area contributed by atoms with Gasteiger partial charge in [-0.2, -0.15) is 4.98 Å². The van der Waals surface area contributed by atoms with Crippen LogP contribution in [0.2, 0.25) is 0 Å². The maximum Gasteiger partial charge on any atom is 0.240 e. The predicted molar refractivity (Wildman–Crippen MR) is 107 cm³/mol. The summed E-state index contributed by atoms with van der Waals surface area (Å²) in [6.45, 7) is 11.9. The molecule has 1 fully saturated rings. The van der Waals surface area contributed by atoms with Crippen LogP contribution in [-0.2, 0) is 24.2 Å². The Hall–Kier alpha value is -2.25. The van der Waals surface area contributed by atoms with E-state index in [0.717, 1.165) is 37.5 Å². The summed E-state index contributed by atoms with van der Waals surface area (Å²) < 4.78 is 13.6. The molecule has 3 aromatic rings. The molecule has 0 saturated carbocycles. The van der Waals surface area contributed by atoms with Crippen molar-refractivity contribution in [2.24, 2.45) is 0 Å². The molecule has 0 N–H and O–H groups in total. The minimum absolute atomic E-state index is 0.232. The van der Waals surface area contributed by atoms with E-state index in [4.69, 9.17) is 9.26 Å². The third kappa shape index (κ3) is 4.10. The summed E-state index contributed by atoms with van der Waals surface area (Å²) >= 11 is 0. The third-order valence-electron chi connectivity index (χ3n) is 5.20. The molecule has 28 heavy (non-hydrogen) atoms. The molecule has 0 spiro atoms. The van der Waals surface area contributed by atoms with E-state index in [-0.39, 0.29) is 12.2 Å². The molecule has 4 rings (SSSR count). The summed E-state index contributed by atoms with van der Waals surface area (Å²) in [5.41, 5.74) is 2.31. The van der Waals surface area contributed by atoms with E-state index in [0.29, 0.717) is 18.4 Å². The molecule has 0 amide bonds. The minimum Gasteiger partial charge on any atom is -0.373 e. The molecular weight excluding hydrogens is 354 g/mol. The van der Waals surface area contributed by atoms with E-state index in [1.807, 2.05) is 12.3 Å². The molecule has 0 radical (unpaired) electrons. The van der Waals surface area contributed by atoms with Crippen LogP contribution in [0.15, 0.2) is 28.9 Å². The number of pyridine rings is 1. The molecule has 0 bridgehead atoms. The largest absolute Gasteiger partial charge is 0.373 e. The first kappa shape index (κ1) is 19.1. The summed E-state index contributed by atoms with van der Waals surface area (Å²) in [5.74, 6) is 1.85. The Morgan fingerprint density at radius 2 is 2.00 bits per heavy atom. The van der Waals surface area contributed by atoms with Crippen LogP contribution < -0.4 is 0 Å². The van der Waals surface area contributed by atoms with Crippen LogP contribution in [0.4, 0.5) is 0 Å². The highest BCUT2D eigenvalue weighted by atomic mass is 16.5. The van der Waals surface area contributed by atoms with E-state index in [1.54, 1.807) is 0 Å². The fraction of sp³-hybridized carbons (Fsp3) is 0.571. The van der Waals surface area contributed by atoms with Gasteiger partial charge in [0.05, 0.1) is 18.8 Å². The number of aromatic nitrogens is 4. The Bertz CT molecular complexity index is 922. The number of morpholine rings is 1. The van der Waals surface area contributed by atoms with Crippen molar-refractivity contribution in [3.05, 3.63) is 41.8 Å². The normalized spacial score (nSPS) is 21.0. The van der Waals surface area contributed by atoms with Crippen molar-refractivity contribution in [3.63, 3.8) is 0 Å². The van der Waals surface area contributed by atoms with Crippen LogP contribution >= 0.6 is 0 Å². The monoisotopic (exact) mass is 383 g/mol. The van der Waals surface area contributed by atoms with Crippen LogP contribution in [0, 0.1) is 0 Å². The summed E-state index contributed by atoms with van der Waals surface area (Å²) in [6, 6.07) is 6.33. The van der Waals surface area contributed by atoms with Gasteiger partial charge in [-0.1, -0.05) is 19.0 Å². The van der Waals surface area contributed by atoms with Gasteiger partial charge in [-0.25, -0.2) is 4.98 Å². The lowest BCUT2D eigenvalue weighted by molar-refractivity contribution is -0.0725. The molecule has 4 heterocycles. The van der Waals surface area contributed by atoms with Crippen LogP contribution in [0.1, 0.15) is 51.0 Å². The maximum absolute atomic E-state index is 5.79. The molecule has 0 aliphatic carbocycles. The molecule has 1 aliphatic heterocycles. The van der Waals surface area contributed by atoms with Gasteiger partial charge in [0.1, 0.15) is 5.65 Å². The van der Waals surface area contributed by atoms with Crippen molar-refractivity contribution in [1.82, 2.24) is 24.6 Å². The van der Waals surface area contributed by atoms with E-state index < -0.39 is 0 Å². The molecule has 150 valence electrons. The number of nitrogens with zero attached hydrogens (tertiary/aromatic N) is 5. The Morgan fingerprint density at radius 3 is 2.75 bits per heavy atom. The summed E-state index contributed by atoms with van der Waals surface area (Å²) in [7, 11) is 0. The highest BCUT2D eigenvalue weighted by Gasteiger charge is 2.24. The van der Waals surface area contributed by atoms with Crippen LogP contribution in [-0.4, -0.2) is 49.9 Å². The number of ether oxygens (including phenoxy) is 1. The van der Waals surface area contributed by atoms with E-state index in [1.165, 1.54) is 11.1 Å². The van der Waals surface area contributed by atoms with Crippen LogP contribution in [0.3, 0.4) is 0 Å². The second kappa shape index (κ2) is 8.01. The lowest BCUT2D eigenvalue weighted by Crippen LogP contribution is -2.44. The van der Waals surface area contributed by atoms with Gasteiger partial charge in [0, 0.05) is 43.3 Å². The second-order valence-corrected chi connectivity index (χ2v) is 8.10. The molecule has 1 aliphatic rings. The molecule has 7 heteroatoms. The van der Waals surface area contributed by atoms with Gasteiger partial charge in [-0.3, -0.25) is 4.90 Å². The number of fused-ring (bicyclic) bond motifs is 1. The van der Waals surface area contributed by atoms with Crippen molar-refractivity contribution in [2.75, 3.05) is 13.1 Å². The quantitative estimate of drug-likeness (QED) is 0.650. The molecule has 2 unspecified atom stereocenters. The zero-order valence-corrected chi connectivity index (χ0v) is 17.1. The predicted octanol–water partition coefficient (Wildman–Crippen LogP) is 3.39. The first-order valence-corrected chi connectivity index (χ1v) is 10.1. The van der Waals surface area contributed by atoms with Gasteiger partial charge >= 0.3 is 0 Å². The summed E-state index contributed by atoms with van der Waals surface area (Å²) in [4.78, 5) is 11.5. The lowest BCUT2D eigenvalue weighted by Gasteiger charge is -2.34.